The lowest BCUT2D eigenvalue weighted by atomic mass is 10.0. The number of rotatable bonds is 5. The van der Waals surface area contributed by atoms with E-state index < -0.39 is 29.5 Å². The molecule has 2 N–H and O–H groups in total. The minimum absolute atomic E-state index is 0.143. The first-order valence-electron chi connectivity index (χ1n) is 8.95. The fraction of sp³-hybridized carbons (Fsp3) is 0.136. The fourth-order valence-electron chi connectivity index (χ4n) is 2.81. The van der Waals surface area contributed by atoms with Crippen molar-refractivity contribution in [2.24, 2.45) is 0 Å². The first kappa shape index (κ1) is 20.1. The van der Waals surface area contributed by atoms with Crippen molar-refractivity contribution in [3.8, 4) is 0 Å². The van der Waals surface area contributed by atoms with Crippen LogP contribution in [0, 0.1) is 18.6 Å². The summed E-state index contributed by atoms with van der Waals surface area (Å²) < 4.78 is 26.6. The summed E-state index contributed by atoms with van der Waals surface area (Å²) in [5.74, 6) is -3.67. The number of aryl methyl sites for hydroxylation is 1. The van der Waals surface area contributed by atoms with Crippen LogP contribution in [0.4, 0.5) is 14.5 Å². The number of pyridine rings is 1. The van der Waals surface area contributed by atoms with E-state index in [0.717, 1.165) is 23.3 Å². The summed E-state index contributed by atoms with van der Waals surface area (Å²) in [5, 5.41) is 4.84. The van der Waals surface area contributed by atoms with Crippen molar-refractivity contribution in [1.82, 2.24) is 10.3 Å². The number of amides is 2. The number of anilines is 1. The van der Waals surface area contributed by atoms with Crippen LogP contribution in [-0.4, -0.2) is 16.8 Å². The van der Waals surface area contributed by atoms with Crippen LogP contribution in [0.2, 0.25) is 0 Å². The van der Waals surface area contributed by atoms with Crippen molar-refractivity contribution in [3.63, 3.8) is 0 Å². The summed E-state index contributed by atoms with van der Waals surface area (Å²) in [7, 11) is 0. The van der Waals surface area contributed by atoms with E-state index in [1.807, 2.05) is 31.2 Å². The van der Waals surface area contributed by atoms with Crippen molar-refractivity contribution in [1.29, 1.82) is 0 Å². The predicted octanol–water partition coefficient (Wildman–Crippen LogP) is 3.71. The van der Waals surface area contributed by atoms with Gasteiger partial charge in [-0.05, 0) is 43.2 Å². The van der Waals surface area contributed by atoms with E-state index in [2.05, 4.69) is 15.6 Å². The second-order valence-corrected chi connectivity index (χ2v) is 6.58. The summed E-state index contributed by atoms with van der Waals surface area (Å²) in [6, 6.07) is 15.0. The normalized spacial score (nSPS) is 11.6. The number of hydrogen-bond donors (Lipinski definition) is 2. The van der Waals surface area contributed by atoms with Crippen LogP contribution in [0.3, 0.4) is 0 Å². The van der Waals surface area contributed by atoms with Gasteiger partial charge in [0.1, 0.15) is 11.6 Å². The van der Waals surface area contributed by atoms with Gasteiger partial charge in [0, 0.05) is 18.0 Å². The van der Waals surface area contributed by atoms with Gasteiger partial charge in [0.25, 0.3) is 0 Å². The highest BCUT2D eigenvalue weighted by atomic mass is 19.1. The largest absolute Gasteiger partial charge is 0.339 e. The molecule has 3 aromatic rings. The Morgan fingerprint density at radius 3 is 2.28 bits per heavy atom. The number of hydrogen-bond acceptors (Lipinski definition) is 3. The molecule has 2 aromatic carbocycles. The number of benzene rings is 2. The first-order chi connectivity index (χ1) is 13.9. The smallest absolute Gasteiger partial charge is 0.313 e. The molecule has 148 valence electrons. The number of carbonyl (C=O) groups excluding carboxylic acids is 2. The molecule has 0 saturated carbocycles. The molecular formula is C22H19F2N3O2. The standard InChI is InChI=1S/C22H19F2N3O2/c1-14-5-7-15(8-6-14)10-20(19-4-2-3-9-25-19)27-22(29)21(28)26-18-12-16(23)11-17(24)13-18/h2-9,11-13,20H,10H2,1H3,(H,26,28)(H,27,29). The van der Waals surface area contributed by atoms with Gasteiger partial charge in [-0.3, -0.25) is 14.6 Å². The Morgan fingerprint density at radius 2 is 1.66 bits per heavy atom. The Labute approximate surface area is 166 Å². The molecule has 7 heteroatoms. The molecule has 0 aliphatic heterocycles. The third-order valence-corrected chi connectivity index (χ3v) is 4.24. The Morgan fingerprint density at radius 1 is 0.966 bits per heavy atom. The van der Waals surface area contributed by atoms with Gasteiger partial charge >= 0.3 is 11.8 Å². The third kappa shape index (κ3) is 5.68. The fourth-order valence-corrected chi connectivity index (χ4v) is 2.81. The van der Waals surface area contributed by atoms with E-state index in [1.54, 1.807) is 24.4 Å². The van der Waals surface area contributed by atoms with Crippen LogP contribution in [-0.2, 0) is 16.0 Å². The van der Waals surface area contributed by atoms with Crippen LogP contribution < -0.4 is 10.6 Å². The van der Waals surface area contributed by atoms with Crippen molar-refractivity contribution in [2.75, 3.05) is 5.32 Å². The van der Waals surface area contributed by atoms with Gasteiger partial charge in [-0.1, -0.05) is 35.9 Å². The Bertz CT molecular complexity index is 988. The van der Waals surface area contributed by atoms with Gasteiger partial charge in [-0.25, -0.2) is 8.78 Å². The molecule has 3 rings (SSSR count). The average Bonchev–Trinajstić information content (AvgIpc) is 2.69. The molecule has 5 nitrogen and oxygen atoms in total. The summed E-state index contributed by atoms with van der Waals surface area (Å²) in [6.45, 7) is 1.97. The molecule has 29 heavy (non-hydrogen) atoms. The highest BCUT2D eigenvalue weighted by molar-refractivity contribution is 6.39. The van der Waals surface area contributed by atoms with Crippen molar-refractivity contribution < 1.29 is 18.4 Å². The van der Waals surface area contributed by atoms with Crippen LogP contribution in [0.15, 0.2) is 66.9 Å². The topological polar surface area (TPSA) is 71.1 Å². The third-order valence-electron chi connectivity index (χ3n) is 4.24. The lowest BCUT2D eigenvalue weighted by Gasteiger charge is -2.18. The Kier molecular flexibility index (Phi) is 6.29. The van der Waals surface area contributed by atoms with Crippen LogP contribution >= 0.6 is 0 Å². The van der Waals surface area contributed by atoms with Gasteiger partial charge in [-0.15, -0.1) is 0 Å². The van der Waals surface area contributed by atoms with Crippen molar-refractivity contribution >= 4 is 17.5 Å². The van der Waals surface area contributed by atoms with E-state index in [1.165, 1.54) is 0 Å². The molecular weight excluding hydrogens is 376 g/mol. The van der Waals surface area contributed by atoms with Gasteiger partial charge in [0.2, 0.25) is 0 Å². The molecule has 0 fully saturated rings. The highest BCUT2D eigenvalue weighted by Crippen LogP contribution is 2.18. The van der Waals surface area contributed by atoms with Gasteiger partial charge in [-0.2, -0.15) is 0 Å². The van der Waals surface area contributed by atoms with E-state index in [9.17, 15) is 18.4 Å². The molecule has 1 heterocycles. The number of nitrogens with zero attached hydrogens (tertiary/aromatic N) is 1. The van der Waals surface area contributed by atoms with Crippen molar-refractivity contribution in [3.05, 3.63) is 95.3 Å². The van der Waals surface area contributed by atoms with Crippen molar-refractivity contribution in [2.45, 2.75) is 19.4 Å². The molecule has 0 spiro atoms. The summed E-state index contributed by atoms with van der Waals surface area (Å²) in [5.41, 5.74) is 2.51. The number of aromatic nitrogens is 1. The second-order valence-electron chi connectivity index (χ2n) is 6.58. The molecule has 0 saturated heterocycles. The minimum Gasteiger partial charge on any atom is -0.339 e. The molecule has 1 unspecified atom stereocenters. The molecule has 0 bridgehead atoms. The average molecular weight is 395 g/mol. The van der Waals surface area contributed by atoms with Crippen LogP contribution in [0.5, 0.6) is 0 Å². The van der Waals surface area contributed by atoms with E-state index in [0.29, 0.717) is 18.2 Å². The van der Waals surface area contributed by atoms with Crippen LogP contribution in [0.25, 0.3) is 0 Å². The predicted molar refractivity (Wildman–Crippen MR) is 105 cm³/mol. The maximum Gasteiger partial charge on any atom is 0.313 e. The van der Waals surface area contributed by atoms with E-state index in [-0.39, 0.29) is 5.69 Å². The maximum atomic E-state index is 13.3. The van der Waals surface area contributed by atoms with E-state index >= 15 is 0 Å². The second kappa shape index (κ2) is 9.05. The van der Waals surface area contributed by atoms with Gasteiger partial charge in [0.15, 0.2) is 0 Å². The maximum absolute atomic E-state index is 13.3. The quantitative estimate of drug-likeness (QED) is 0.647. The zero-order valence-electron chi connectivity index (χ0n) is 15.7. The number of halogens is 2. The van der Waals surface area contributed by atoms with Crippen LogP contribution in [0.1, 0.15) is 22.9 Å². The summed E-state index contributed by atoms with van der Waals surface area (Å²) in [6.07, 6.45) is 2.02. The molecule has 1 aromatic heterocycles. The highest BCUT2D eigenvalue weighted by Gasteiger charge is 2.21. The van der Waals surface area contributed by atoms with Gasteiger partial charge < -0.3 is 10.6 Å². The van der Waals surface area contributed by atoms with E-state index in [4.69, 9.17) is 0 Å². The monoisotopic (exact) mass is 395 g/mol. The molecule has 1 atom stereocenters. The summed E-state index contributed by atoms with van der Waals surface area (Å²) in [4.78, 5) is 28.9. The lowest BCUT2D eigenvalue weighted by molar-refractivity contribution is -0.136. The zero-order chi connectivity index (χ0) is 20.8. The Balaban J connectivity index is 1.74. The Hall–Kier alpha value is -3.61. The number of carbonyl (C=O) groups is 2. The lowest BCUT2D eigenvalue weighted by Crippen LogP contribution is -2.38. The number of nitrogens with one attached hydrogen (secondary N) is 2. The first-order valence-corrected chi connectivity index (χ1v) is 8.95. The summed E-state index contributed by atoms with van der Waals surface area (Å²) >= 11 is 0. The zero-order valence-corrected chi connectivity index (χ0v) is 15.7. The SMILES string of the molecule is Cc1ccc(CC(NC(=O)C(=O)Nc2cc(F)cc(F)c2)c2ccccn2)cc1. The molecule has 0 aliphatic carbocycles. The minimum atomic E-state index is -1.03. The molecule has 0 radical (unpaired) electrons. The molecule has 2 amide bonds. The molecule has 0 aliphatic rings. The van der Waals surface area contributed by atoms with Gasteiger partial charge in [0.05, 0.1) is 11.7 Å².